The number of halogens is 3. The first-order chi connectivity index (χ1) is 11.8. The normalized spacial score (nSPS) is 23.5. The van der Waals surface area contributed by atoms with Crippen molar-refractivity contribution in [3.05, 3.63) is 0 Å². The summed E-state index contributed by atoms with van der Waals surface area (Å²) in [6.45, 7) is 3.50. The molecule has 2 aliphatic rings. The van der Waals surface area contributed by atoms with Crippen molar-refractivity contribution in [2.75, 3.05) is 39.3 Å². The molecule has 9 heteroatoms. The standard InChI is InChI=1S/C16H27F3N4O2/c1-2-4-14(24)23-8-3-5-12(23)15(25)21-11-13(16(17,18)19)22-9-6-20-7-10-22/h12-13,20H,2-11H2,1H3,(H,21,25). The summed E-state index contributed by atoms with van der Waals surface area (Å²) >= 11 is 0. The highest BCUT2D eigenvalue weighted by molar-refractivity contribution is 5.88. The SMILES string of the molecule is CCCC(=O)N1CCCC1C(=O)NCC(N1CCNCC1)C(F)(F)F. The van der Waals surface area contributed by atoms with Crippen LogP contribution in [0.25, 0.3) is 0 Å². The monoisotopic (exact) mass is 364 g/mol. The molecule has 2 heterocycles. The Morgan fingerprint density at radius 2 is 1.92 bits per heavy atom. The molecule has 144 valence electrons. The van der Waals surface area contributed by atoms with Crippen LogP contribution in [0.1, 0.15) is 32.6 Å². The third-order valence-electron chi connectivity index (χ3n) is 4.78. The molecule has 0 saturated carbocycles. The second-order valence-electron chi connectivity index (χ2n) is 6.58. The third kappa shape index (κ3) is 5.31. The van der Waals surface area contributed by atoms with Crippen molar-refractivity contribution in [1.29, 1.82) is 0 Å². The van der Waals surface area contributed by atoms with Crippen LogP contribution in [0.3, 0.4) is 0 Å². The maximum Gasteiger partial charge on any atom is 0.405 e. The Morgan fingerprint density at radius 1 is 1.24 bits per heavy atom. The molecule has 2 aliphatic heterocycles. The summed E-state index contributed by atoms with van der Waals surface area (Å²) < 4.78 is 40.1. The van der Waals surface area contributed by atoms with Gasteiger partial charge in [-0.05, 0) is 19.3 Å². The molecule has 2 amide bonds. The van der Waals surface area contributed by atoms with Crippen LogP contribution in [0.5, 0.6) is 0 Å². The van der Waals surface area contributed by atoms with E-state index in [9.17, 15) is 22.8 Å². The minimum Gasteiger partial charge on any atom is -0.352 e. The van der Waals surface area contributed by atoms with Gasteiger partial charge in [0.25, 0.3) is 0 Å². The first kappa shape index (κ1) is 20.0. The van der Waals surface area contributed by atoms with Crippen LogP contribution in [-0.4, -0.2) is 79.1 Å². The molecule has 0 aromatic carbocycles. The highest BCUT2D eigenvalue weighted by Gasteiger charge is 2.44. The summed E-state index contributed by atoms with van der Waals surface area (Å²) in [4.78, 5) is 27.3. The third-order valence-corrected chi connectivity index (χ3v) is 4.78. The van der Waals surface area contributed by atoms with Crippen molar-refractivity contribution in [2.24, 2.45) is 0 Å². The molecular weight excluding hydrogens is 337 g/mol. The summed E-state index contributed by atoms with van der Waals surface area (Å²) in [7, 11) is 0. The number of hydrogen-bond acceptors (Lipinski definition) is 4. The number of piperazine rings is 1. The molecule has 0 aliphatic carbocycles. The lowest BCUT2D eigenvalue weighted by Crippen LogP contribution is -2.58. The number of alkyl halides is 3. The molecule has 0 spiro atoms. The highest BCUT2D eigenvalue weighted by Crippen LogP contribution is 2.25. The fourth-order valence-corrected chi connectivity index (χ4v) is 3.46. The Labute approximate surface area is 146 Å². The first-order valence-electron chi connectivity index (χ1n) is 8.93. The van der Waals surface area contributed by atoms with E-state index in [2.05, 4.69) is 10.6 Å². The lowest BCUT2D eigenvalue weighted by Gasteiger charge is -2.36. The summed E-state index contributed by atoms with van der Waals surface area (Å²) in [5, 5.41) is 5.46. The lowest BCUT2D eigenvalue weighted by atomic mass is 10.1. The van der Waals surface area contributed by atoms with E-state index in [1.54, 1.807) is 0 Å². The molecule has 0 radical (unpaired) electrons. The van der Waals surface area contributed by atoms with Gasteiger partial charge in [0.1, 0.15) is 12.1 Å². The average Bonchev–Trinajstić information content (AvgIpc) is 3.04. The number of rotatable bonds is 6. The molecule has 25 heavy (non-hydrogen) atoms. The first-order valence-corrected chi connectivity index (χ1v) is 8.93. The summed E-state index contributed by atoms with van der Waals surface area (Å²) in [6, 6.07) is -2.34. The van der Waals surface area contributed by atoms with Crippen LogP contribution in [0.4, 0.5) is 13.2 Å². The highest BCUT2D eigenvalue weighted by atomic mass is 19.4. The minimum absolute atomic E-state index is 0.102. The predicted octanol–water partition coefficient (Wildman–Crippen LogP) is 0.730. The summed E-state index contributed by atoms with van der Waals surface area (Å²) in [5.74, 6) is -0.582. The zero-order valence-electron chi connectivity index (χ0n) is 14.6. The molecule has 0 aromatic rings. The van der Waals surface area contributed by atoms with E-state index in [-0.39, 0.29) is 5.91 Å². The van der Waals surface area contributed by atoms with E-state index < -0.39 is 30.7 Å². The molecule has 2 unspecified atom stereocenters. The molecule has 0 aromatic heterocycles. The molecule has 6 nitrogen and oxygen atoms in total. The van der Waals surface area contributed by atoms with Crippen LogP contribution in [0.2, 0.25) is 0 Å². The van der Waals surface area contributed by atoms with Crippen molar-refractivity contribution >= 4 is 11.8 Å². The number of amides is 2. The number of hydrogen-bond donors (Lipinski definition) is 2. The van der Waals surface area contributed by atoms with Gasteiger partial charge in [0.05, 0.1) is 0 Å². The fraction of sp³-hybridized carbons (Fsp3) is 0.875. The second kappa shape index (κ2) is 8.84. The zero-order valence-corrected chi connectivity index (χ0v) is 14.6. The van der Waals surface area contributed by atoms with Gasteiger partial charge in [0.15, 0.2) is 0 Å². The second-order valence-corrected chi connectivity index (χ2v) is 6.58. The van der Waals surface area contributed by atoms with Gasteiger partial charge in [0, 0.05) is 45.7 Å². The van der Waals surface area contributed by atoms with Crippen LogP contribution in [-0.2, 0) is 9.59 Å². The van der Waals surface area contributed by atoms with Gasteiger partial charge in [-0.15, -0.1) is 0 Å². The quantitative estimate of drug-likeness (QED) is 0.729. The zero-order chi connectivity index (χ0) is 18.4. The maximum absolute atomic E-state index is 13.4. The molecular formula is C16H27F3N4O2. The van der Waals surface area contributed by atoms with E-state index in [0.29, 0.717) is 58.4 Å². The summed E-state index contributed by atoms with van der Waals surface area (Å²) in [6.07, 6.45) is -2.16. The van der Waals surface area contributed by atoms with Gasteiger partial charge in [-0.1, -0.05) is 6.92 Å². The van der Waals surface area contributed by atoms with E-state index >= 15 is 0 Å². The van der Waals surface area contributed by atoms with Crippen molar-refractivity contribution in [1.82, 2.24) is 20.4 Å². The molecule has 2 N–H and O–H groups in total. The van der Waals surface area contributed by atoms with Gasteiger partial charge in [-0.25, -0.2) is 0 Å². The lowest BCUT2D eigenvalue weighted by molar-refractivity contribution is -0.184. The Bertz CT molecular complexity index is 467. The number of nitrogens with zero attached hydrogens (tertiary/aromatic N) is 2. The smallest absolute Gasteiger partial charge is 0.352 e. The topological polar surface area (TPSA) is 64.7 Å². The van der Waals surface area contributed by atoms with E-state index in [1.807, 2.05) is 6.92 Å². The Morgan fingerprint density at radius 3 is 2.52 bits per heavy atom. The minimum atomic E-state index is -4.40. The van der Waals surface area contributed by atoms with Crippen molar-refractivity contribution in [3.8, 4) is 0 Å². The van der Waals surface area contributed by atoms with Crippen LogP contribution < -0.4 is 10.6 Å². The van der Waals surface area contributed by atoms with Crippen LogP contribution in [0.15, 0.2) is 0 Å². The van der Waals surface area contributed by atoms with E-state index in [1.165, 1.54) is 9.80 Å². The molecule has 2 saturated heterocycles. The van der Waals surface area contributed by atoms with Gasteiger partial charge in [0.2, 0.25) is 11.8 Å². The predicted molar refractivity (Wildman–Crippen MR) is 86.9 cm³/mol. The van der Waals surface area contributed by atoms with Crippen molar-refractivity contribution in [2.45, 2.75) is 50.9 Å². The molecule has 2 rings (SSSR count). The molecule has 2 fully saturated rings. The molecule has 2 atom stereocenters. The number of nitrogens with one attached hydrogen (secondary N) is 2. The van der Waals surface area contributed by atoms with E-state index in [0.717, 1.165) is 0 Å². The Balaban J connectivity index is 1.94. The van der Waals surface area contributed by atoms with Gasteiger partial charge >= 0.3 is 6.18 Å². The van der Waals surface area contributed by atoms with Gasteiger partial charge < -0.3 is 15.5 Å². The van der Waals surface area contributed by atoms with Gasteiger partial charge in [-0.2, -0.15) is 13.2 Å². The number of carbonyl (C=O) groups excluding carboxylic acids is 2. The van der Waals surface area contributed by atoms with E-state index in [4.69, 9.17) is 0 Å². The maximum atomic E-state index is 13.4. The van der Waals surface area contributed by atoms with Gasteiger partial charge in [-0.3, -0.25) is 14.5 Å². The van der Waals surface area contributed by atoms with Crippen LogP contribution in [0, 0.1) is 0 Å². The fourth-order valence-electron chi connectivity index (χ4n) is 3.46. The Kier molecular flexibility index (Phi) is 7.06. The number of carbonyl (C=O) groups is 2. The molecule has 0 bridgehead atoms. The van der Waals surface area contributed by atoms with Crippen molar-refractivity contribution < 1.29 is 22.8 Å². The van der Waals surface area contributed by atoms with Crippen LogP contribution >= 0.6 is 0 Å². The largest absolute Gasteiger partial charge is 0.405 e. The summed E-state index contributed by atoms with van der Waals surface area (Å²) in [5.41, 5.74) is 0. The number of likely N-dealkylation sites (tertiary alicyclic amines) is 1. The van der Waals surface area contributed by atoms with Crippen molar-refractivity contribution in [3.63, 3.8) is 0 Å². The Hall–Kier alpha value is -1.35. The average molecular weight is 364 g/mol.